The summed E-state index contributed by atoms with van der Waals surface area (Å²) in [5, 5.41) is 0. The van der Waals surface area contributed by atoms with E-state index in [9.17, 15) is 19.2 Å². The van der Waals surface area contributed by atoms with Gasteiger partial charge in [0, 0.05) is 5.56 Å². The molecule has 1 saturated carbocycles. The highest BCUT2D eigenvalue weighted by Gasteiger charge is 2.50. The highest BCUT2D eigenvalue weighted by Crippen LogP contribution is 2.45. The average molecular weight is 496 g/mol. The number of carbonyl (C=O) groups excluding carboxylic acids is 4. The Hall–Kier alpha value is -4.06. The van der Waals surface area contributed by atoms with Crippen LogP contribution in [0.5, 0.6) is 0 Å². The number of imide groups is 1. The Morgan fingerprint density at radius 1 is 0.811 bits per heavy atom. The molecule has 3 aromatic rings. The molecule has 4 atom stereocenters. The number of anilines is 1. The number of benzene rings is 3. The molecule has 2 amide bonds. The molecule has 1 aliphatic carbocycles. The van der Waals surface area contributed by atoms with Crippen molar-refractivity contribution in [3.8, 4) is 0 Å². The summed E-state index contributed by atoms with van der Waals surface area (Å²) in [4.78, 5) is 53.0. The van der Waals surface area contributed by atoms with E-state index in [-0.39, 0.29) is 40.9 Å². The fourth-order valence-corrected chi connectivity index (χ4v) is 5.44. The lowest BCUT2D eigenvalue weighted by Gasteiger charge is -2.28. The Morgan fingerprint density at radius 3 is 2.11 bits per heavy atom. The van der Waals surface area contributed by atoms with Crippen LogP contribution in [0.4, 0.5) is 5.69 Å². The summed E-state index contributed by atoms with van der Waals surface area (Å²) in [5.74, 6) is -1.64. The highest BCUT2D eigenvalue weighted by molar-refractivity contribution is 6.22. The zero-order valence-electron chi connectivity index (χ0n) is 20.9. The molecule has 4 unspecified atom stereocenters. The number of ketones is 1. The number of hydrogen-bond acceptors (Lipinski definition) is 5. The molecule has 2 aliphatic rings. The number of carbonyl (C=O) groups is 4. The molecule has 2 fully saturated rings. The molecule has 0 radical (unpaired) electrons. The predicted octanol–water partition coefficient (Wildman–Crippen LogP) is 5.50. The maximum atomic E-state index is 13.3. The number of esters is 1. The van der Waals surface area contributed by atoms with Crippen LogP contribution in [0, 0.1) is 18.8 Å². The van der Waals surface area contributed by atoms with Crippen LogP contribution in [0.25, 0.3) is 0 Å². The van der Waals surface area contributed by atoms with Gasteiger partial charge in [-0.15, -0.1) is 0 Å². The van der Waals surface area contributed by atoms with Gasteiger partial charge >= 0.3 is 5.97 Å². The molecule has 1 aliphatic heterocycles. The molecule has 188 valence electrons. The van der Waals surface area contributed by atoms with E-state index in [0.717, 1.165) is 12.0 Å². The van der Waals surface area contributed by atoms with Gasteiger partial charge in [-0.3, -0.25) is 19.3 Å². The normalized spacial score (nSPS) is 21.9. The molecule has 37 heavy (non-hydrogen) atoms. The lowest BCUT2D eigenvalue weighted by molar-refractivity contribution is -0.122. The van der Waals surface area contributed by atoms with E-state index in [1.165, 1.54) is 22.6 Å². The molecule has 6 heteroatoms. The van der Waals surface area contributed by atoms with Gasteiger partial charge in [0.05, 0.1) is 23.1 Å². The number of nitrogens with zero attached hydrogens (tertiary/aromatic N) is 1. The van der Waals surface area contributed by atoms with Gasteiger partial charge in [0.1, 0.15) is 0 Å². The van der Waals surface area contributed by atoms with Gasteiger partial charge in [0.2, 0.25) is 17.6 Å². The molecule has 0 N–H and O–H groups in total. The first-order valence-electron chi connectivity index (χ1n) is 12.7. The SMILES string of the molecule is Cc1ccc(C(=O)C(C)OC(=O)c2ccc(N3C(=O)C4CCC(c5ccccc5)CC4C3=O)cc2)cc1. The Morgan fingerprint density at radius 2 is 1.43 bits per heavy atom. The van der Waals surface area contributed by atoms with Crippen molar-refractivity contribution >= 4 is 29.3 Å². The maximum absolute atomic E-state index is 13.3. The third kappa shape index (κ3) is 4.84. The fourth-order valence-electron chi connectivity index (χ4n) is 5.44. The zero-order chi connectivity index (χ0) is 26.1. The number of rotatable bonds is 6. The van der Waals surface area contributed by atoms with Crippen molar-refractivity contribution in [1.82, 2.24) is 0 Å². The topological polar surface area (TPSA) is 80.8 Å². The van der Waals surface area contributed by atoms with Crippen molar-refractivity contribution in [3.63, 3.8) is 0 Å². The van der Waals surface area contributed by atoms with Gasteiger partial charge in [0.25, 0.3) is 0 Å². The summed E-state index contributed by atoms with van der Waals surface area (Å²) >= 11 is 0. The van der Waals surface area contributed by atoms with Gasteiger partial charge in [-0.25, -0.2) is 4.79 Å². The Bertz CT molecular complexity index is 1330. The minimum Gasteiger partial charge on any atom is -0.451 e. The van der Waals surface area contributed by atoms with Crippen LogP contribution < -0.4 is 4.90 Å². The summed E-state index contributed by atoms with van der Waals surface area (Å²) in [5.41, 5.74) is 3.40. The monoisotopic (exact) mass is 495 g/mol. The van der Waals surface area contributed by atoms with Gasteiger partial charge in [-0.05, 0) is 68.9 Å². The first-order chi connectivity index (χ1) is 17.8. The zero-order valence-corrected chi connectivity index (χ0v) is 20.9. The van der Waals surface area contributed by atoms with Crippen molar-refractivity contribution < 1.29 is 23.9 Å². The van der Waals surface area contributed by atoms with E-state index in [2.05, 4.69) is 12.1 Å². The standard InChI is InChI=1S/C31H29NO5/c1-19-8-10-22(11-9-19)28(33)20(2)37-31(36)23-12-15-25(16-13-23)32-29(34)26-17-14-24(18-27(26)30(32)35)21-6-4-3-5-7-21/h3-13,15-16,20,24,26-27H,14,17-18H2,1-2H3. The Labute approximate surface area is 216 Å². The first-order valence-corrected chi connectivity index (χ1v) is 12.7. The van der Waals surface area contributed by atoms with Crippen molar-refractivity contribution in [2.24, 2.45) is 11.8 Å². The van der Waals surface area contributed by atoms with E-state index >= 15 is 0 Å². The molecule has 0 bridgehead atoms. The number of amides is 2. The molecule has 5 rings (SSSR count). The van der Waals surface area contributed by atoms with Crippen molar-refractivity contribution in [1.29, 1.82) is 0 Å². The van der Waals surface area contributed by atoms with E-state index in [1.54, 1.807) is 31.2 Å². The Kier molecular flexibility index (Phi) is 6.74. The number of fused-ring (bicyclic) bond motifs is 1. The predicted molar refractivity (Wildman–Crippen MR) is 139 cm³/mol. The number of hydrogen-bond donors (Lipinski definition) is 0. The van der Waals surface area contributed by atoms with E-state index in [4.69, 9.17) is 4.74 Å². The van der Waals surface area contributed by atoms with Gasteiger partial charge in [-0.2, -0.15) is 0 Å². The smallest absolute Gasteiger partial charge is 0.338 e. The van der Waals surface area contributed by atoms with Crippen molar-refractivity contribution in [2.45, 2.75) is 45.1 Å². The van der Waals surface area contributed by atoms with E-state index in [0.29, 0.717) is 24.1 Å². The average Bonchev–Trinajstić information content (AvgIpc) is 3.18. The lowest BCUT2D eigenvalue weighted by Crippen LogP contribution is -2.31. The second kappa shape index (κ2) is 10.1. The summed E-state index contributed by atoms with van der Waals surface area (Å²) in [6, 6.07) is 23.4. The summed E-state index contributed by atoms with van der Waals surface area (Å²) in [7, 11) is 0. The minimum absolute atomic E-state index is 0.172. The molecule has 3 aromatic carbocycles. The molecule has 0 spiro atoms. The molecule has 1 saturated heterocycles. The number of Topliss-reactive ketones (excluding diaryl/α,β-unsaturated/α-hetero) is 1. The quantitative estimate of drug-likeness (QED) is 0.256. The summed E-state index contributed by atoms with van der Waals surface area (Å²) in [6.45, 7) is 3.47. The van der Waals surface area contributed by atoms with Crippen LogP contribution in [-0.2, 0) is 14.3 Å². The van der Waals surface area contributed by atoms with Crippen molar-refractivity contribution in [3.05, 3.63) is 101 Å². The molecular formula is C31H29NO5. The van der Waals surface area contributed by atoms with Gasteiger partial charge in [0.15, 0.2) is 6.10 Å². The van der Waals surface area contributed by atoms with Gasteiger partial charge < -0.3 is 4.74 Å². The summed E-state index contributed by atoms with van der Waals surface area (Å²) < 4.78 is 5.39. The Balaban J connectivity index is 1.25. The van der Waals surface area contributed by atoms with Crippen LogP contribution in [0.3, 0.4) is 0 Å². The molecule has 1 heterocycles. The van der Waals surface area contributed by atoms with Crippen LogP contribution in [0.15, 0.2) is 78.9 Å². The van der Waals surface area contributed by atoms with Crippen LogP contribution >= 0.6 is 0 Å². The fraction of sp³-hybridized carbons (Fsp3) is 0.290. The lowest BCUT2D eigenvalue weighted by atomic mass is 9.73. The largest absolute Gasteiger partial charge is 0.451 e. The molecule has 0 aromatic heterocycles. The summed E-state index contributed by atoms with van der Waals surface area (Å²) in [6.07, 6.45) is 1.27. The second-order valence-corrected chi connectivity index (χ2v) is 9.97. The van der Waals surface area contributed by atoms with Crippen LogP contribution in [-0.4, -0.2) is 29.7 Å². The third-order valence-electron chi connectivity index (χ3n) is 7.55. The van der Waals surface area contributed by atoms with Gasteiger partial charge in [-0.1, -0.05) is 60.2 Å². The first kappa shape index (κ1) is 24.6. The van der Waals surface area contributed by atoms with Crippen molar-refractivity contribution in [2.75, 3.05) is 4.90 Å². The number of aryl methyl sites for hydroxylation is 1. The minimum atomic E-state index is -0.947. The second-order valence-electron chi connectivity index (χ2n) is 9.97. The molecule has 6 nitrogen and oxygen atoms in total. The van der Waals surface area contributed by atoms with Crippen LogP contribution in [0.1, 0.15) is 63.9 Å². The highest BCUT2D eigenvalue weighted by atomic mass is 16.5. The van der Waals surface area contributed by atoms with E-state index in [1.807, 2.05) is 37.3 Å². The van der Waals surface area contributed by atoms with Crippen LogP contribution in [0.2, 0.25) is 0 Å². The maximum Gasteiger partial charge on any atom is 0.338 e. The number of ether oxygens (including phenoxy) is 1. The molecular weight excluding hydrogens is 466 g/mol. The third-order valence-corrected chi connectivity index (χ3v) is 7.55. The van der Waals surface area contributed by atoms with E-state index < -0.39 is 12.1 Å².